The number of aromatic nitrogens is 4. The van der Waals surface area contributed by atoms with Gasteiger partial charge in [0.15, 0.2) is 5.15 Å². The number of rotatable bonds is 4. The average molecular weight is 391 g/mol. The van der Waals surface area contributed by atoms with E-state index in [2.05, 4.69) is 38.8 Å². The third-order valence-corrected chi connectivity index (χ3v) is 5.29. The van der Waals surface area contributed by atoms with Crippen molar-refractivity contribution in [2.45, 2.75) is 18.9 Å². The van der Waals surface area contributed by atoms with Crippen molar-refractivity contribution >= 4 is 28.9 Å². The molecule has 4 heterocycles. The molecule has 7 heteroatoms. The van der Waals surface area contributed by atoms with Gasteiger partial charge in [0.1, 0.15) is 11.3 Å². The second kappa shape index (κ2) is 7.22. The predicted octanol–water partition coefficient (Wildman–Crippen LogP) is 4.61. The minimum absolute atomic E-state index is 0.361. The van der Waals surface area contributed by atoms with Gasteiger partial charge in [-0.15, -0.1) is 0 Å². The molecule has 1 saturated heterocycles. The molecule has 3 aromatic heterocycles. The summed E-state index contributed by atoms with van der Waals surface area (Å²) in [6.45, 7) is 1.05. The molecule has 4 aromatic rings. The minimum Gasteiger partial charge on any atom is -0.324 e. The summed E-state index contributed by atoms with van der Waals surface area (Å²) >= 11 is 6.40. The summed E-state index contributed by atoms with van der Waals surface area (Å²) in [7, 11) is 0. The largest absolute Gasteiger partial charge is 0.324 e. The van der Waals surface area contributed by atoms with Gasteiger partial charge in [0, 0.05) is 24.1 Å². The number of benzene rings is 1. The lowest BCUT2D eigenvalue weighted by Gasteiger charge is -2.16. The highest BCUT2D eigenvalue weighted by atomic mass is 35.5. The molecule has 1 atom stereocenters. The van der Waals surface area contributed by atoms with E-state index in [1.54, 1.807) is 6.20 Å². The lowest BCUT2D eigenvalue weighted by atomic mass is 10.0. The van der Waals surface area contributed by atoms with Gasteiger partial charge in [-0.05, 0) is 49.2 Å². The van der Waals surface area contributed by atoms with E-state index < -0.39 is 0 Å². The van der Waals surface area contributed by atoms with Gasteiger partial charge in [-0.3, -0.25) is 4.40 Å². The van der Waals surface area contributed by atoms with Crippen LogP contribution in [0.1, 0.15) is 24.4 Å². The second-order valence-electron chi connectivity index (χ2n) is 6.81. The number of anilines is 2. The van der Waals surface area contributed by atoms with Gasteiger partial charge in [-0.25, -0.2) is 15.0 Å². The molecule has 0 bridgehead atoms. The van der Waals surface area contributed by atoms with E-state index in [-0.39, 0.29) is 0 Å². The first-order valence-corrected chi connectivity index (χ1v) is 9.73. The van der Waals surface area contributed by atoms with Crippen LogP contribution in [0.25, 0.3) is 17.0 Å². The summed E-state index contributed by atoms with van der Waals surface area (Å²) < 4.78 is 1.94. The van der Waals surface area contributed by atoms with Gasteiger partial charge >= 0.3 is 0 Å². The Morgan fingerprint density at radius 2 is 1.96 bits per heavy atom. The first-order chi connectivity index (χ1) is 13.8. The Kier molecular flexibility index (Phi) is 4.43. The van der Waals surface area contributed by atoms with Gasteiger partial charge in [-0.2, -0.15) is 0 Å². The lowest BCUT2D eigenvalue weighted by Crippen LogP contribution is -2.14. The molecule has 0 spiro atoms. The van der Waals surface area contributed by atoms with Gasteiger partial charge in [0.25, 0.3) is 0 Å². The fourth-order valence-corrected chi connectivity index (χ4v) is 4.01. The van der Waals surface area contributed by atoms with Crippen molar-refractivity contribution in [3.05, 3.63) is 71.6 Å². The molecule has 0 radical (unpaired) electrons. The summed E-state index contributed by atoms with van der Waals surface area (Å²) in [5.74, 6) is 0.532. The molecule has 1 aliphatic heterocycles. The van der Waals surface area contributed by atoms with Crippen LogP contribution in [0.2, 0.25) is 5.15 Å². The van der Waals surface area contributed by atoms with E-state index in [9.17, 15) is 0 Å². The quantitative estimate of drug-likeness (QED) is 0.532. The molecule has 2 N–H and O–H groups in total. The number of pyridine rings is 1. The molecule has 1 fully saturated rings. The van der Waals surface area contributed by atoms with E-state index in [0.717, 1.165) is 35.7 Å². The first kappa shape index (κ1) is 17.2. The van der Waals surface area contributed by atoms with Crippen LogP contribution in [0, 0.1) is 0 Å². The number of hydrogen-bond acceptors (Lipinski definition) is 5. The summed E-state index contributed by atoms with van der Waals surface area (Å²) in [5, 5.41) is 7.36. The highest BCUT2D eigenvalue weighted by molar-refractivity contribution is 6.32. The Morgan fingerprint density at radius 3 is 2.86 bits per heavy atom. The maximum Gasteiger partial charge on any atom is 0.227 e. The standard InChI is InChI=1S/C21H19ClN6/c22-20-19(28-13-4-3-9-18(28)27-20)17-10-12-24-21(26-17)25-16-7-2-1-6-14(16)15-8-5-11-23-15/h1-4,6-7,9-10,12-13,15,23H,5,8,11H2,(H,24,25,26). The minimum atomic E-state index is 0.361. The average Bonchev–Trinajstić information content (AvgIpc) is 3.36. The Morgan fingerprint density at radius 1 is 1.07 bits per heavy atom. The molecular formula is C21H19ClN6. The molecule has 28 heavy (non-hydrogen) atoms. The molecule has 1 aliphatic rings. The fraction of sp³-hybridized carbons (Fsp3) is 0.190. The van der Waals surface area contributed by atoms with Crippen LogP contribution >= 0.6 is 11.6 Å². The van der Waals surface area contributed by atoms with Crippen molar-refractivity contribution in [1.82, 2.24) is 24.7 Å². The van der Waals surface area contributed by atoms with Crippen LogP contribution in [-0.4, -0.2) is 25.9 Å². The zero-order valence-corrected chi connectivity index (χ0v) is 15.9. The fourth-order valence-electron chi connectivity index (χ4n) is 3.73. The summed E-state index contributed by atoms with van der Waals surface area (Å²) in [5.41, 5.74) is 4.52. The molecule has 6 nitrogen and oxygen atoms in total. The number of nitrogens with one attached hydrogen (secondary N) is 2. The van der Waals surface area contributed by atoms with Crippen molar-refractivity contribution in [2.24, 2.45) is 0 Å². The SMILES string of the molecule is Clc1nc2ccccn2c1-c1ccnc(Nc2ccccc2C2CCCN2)n1. The Hall–Kier alpha value is -2.96. The normalized spacial score (nSPS) is 16.5. The van der Waals surface area contributed by atoms with Gasteiger partial charge < -0.3 is 10.6 Å². The Bertz CT molecular complexity index is 1130. The lowest BCUT2D eigenvalue weighted by molar-refractivity contribution is 0.649. The number of nitrogens with zero attached hydrogens (tertiary/aromatic N) is 4. The number of imidazole rings is 1. The van der Waals surface area contributed by atoms with Crippen LogP contribution in [0.5, 0.6) is 0 Å². The molecule has 0 aliphatic carbocycles. The topological polar surface area (TPSA) is 67.1 Å². The second-order valence-corrected chi connectivity index (χ2v) is 7.16. The van der Waals surface area contributed by atoms with Crippen LogP contribution in [0.4, 0.5) is 11.6 Å². The van der Waals surface area contributed by atoms with Crippen molar-refractivity contribution in [3.63, 3.8) is 0 Å². The van der Waals surface area contributed by atoms with E-state index in [4.69, 9.17) is 16.6 Å². The highest BCUT2D eigenvalue weighted by Crippen LogP contribution is 2.31. The highest BCUT2D eigenvalue weighted by Gasteiger charge is 2.19. The number of halogens is 1. The van der Waals surface area contributed by atoms with Crippen LogP contribution in [-0.2, 0) is 0 Å². The Labute approximate surface area is 167 Å². The Balaban J connectivity index is 1.51. The van der Waals surface area contributed by atoms with E-state index >= 15 is 0 Å². The summed E-state index contributed by atoms with van der Waals surface area (Å²) in [6.07, 6.45) is 5.99. The number of fused-ring (bicyclic) bond motifs is 1. The molecule has 1 unspecified atom stereocenters. The van der Waals surface area contributed by atoms with Crippen molar-refractivity contribution in [1.29, 1.82) is 0 Å². The summed E-state index contributed by atoms with van der Waals surface area (Å²) in [4.78, 5) is 13.5. The first-order valence-electron chi connectivity index (χ1n) is 9.35. The monoisotopic (exact) mass is 390 g/mol. The smallest absolute Gasteiger partial charge is 0.227 e. The molecule has 0 amide bonds. The zero-order chi connectivity index (χ0) is 18.9. The molecule has 5 rings (SSSR count). The van der Waals surface area contributed by atoms with Crippen LogP contribution in [0.3, 0.4) is 0 Å². The van der Waals surface area contributed by atoms with Crippen LogP contribution < -0.4 is 10.6 Å². The van der Waals surface area contributed by atoms with Crippen LogP contribution in [0.15, 0.2) is 60.9 Å². The third-order valence-electron chi connectivity index (χ3n) is 5.03. The van der Waals surface area contributed by atoms with E-state index in [0.29, 0.717) is 17.1 Å². The van der Waals surface area contributed by atoms with Crippen molar-refractivity contribution < 1.29 is 0 Å². The molecular weight excluding hydrogens is 372 g/mol. The number of para-hydroxylation sites is 1. The van der Waals surface area contributed by atoms with Gasteiger partial charge in [0.2, 0.25) is 5.95 Å². The predicted molar refractivity (Wildman–Crippen MR) is 111 cm³/mol. The van der Waals surface area contributed by atoms with Crippen molar-refractivity contribution in [2.75, 3.05) is 11.9 Å². The number of hydrogen-bond donors (Lipinski definition) is 2. The molecule has 140 valence electrons. The maximum absolute atomic E-state index is 6.40. The third kappa shape index (κ3) is 3.10. The zero-order valence-electron chi connectivity index (χ0n) is 15.1. The molecule has 1 aromatic carbocycles. The van der Waals surface area contributed by atoms with E-state index in [1.807, 2.05) is 40.9 Å². The maximum atomic E-state index is 6.40. The summed E-state index contributed by atoms with van der Waals surface area (Å²) in [6, 6.07) is 16.3. The van der Waals surface area contributed by atoms with Gasteiger partial charge in [-0.1, -0.05) is 35.9 Å². The van der Waals surface area contributed by atoms with E-state index in [1.165, 1.54) is 12.0 Å². The van der Waals surface area contributed by atoms with Gasteiger partial charge in [0.05, 0.1) is 5.69 Å². The van der Waals surface area contributed by atoms with Crippen molar-refractivity contribution in [3.8, 4) is 11.4 Å². The molecule has 0 saturated carbocycles.